The summed E-state index contributed by atoms with van der Waals surface area (Å²) < 4.78 is 10.0. The summed E-state index contributed by atoms with van der Waals surface area (Å²) in [5.74, 6) is 0.971. The molecule has 108 valence electrons. The van der Waals surface area contributed by atoms with Crippen LogP contribution in [0.2, 0.25) is 0 Å². The summed E-state index contributed by atoms with van der Waals surface area (Å²) in [5.41, 5.74) is 0. The van der Waals surface area contributed by atoms with Gasteiger partial charge in [0.15, 0.2) is 0 Å². The van der Waals surface area contributed by atoms with Gasteiger partial charge in [-0.05, 0) is 7.05 Å². The number of hydrogen-bond acceptors (Lipinski definition) is 8. The lowest BCUT2D eigenvalue weighted by Gasteiger charge is -2.16. The van der Waals surface area contributed by atoms with Crippen molar-refractivity contribution in [2.45, 2.75) is 0 Å². The smallest absolute Gasteiger partial charge is 0.322 e. The van der Waals surface area contributed by atoms with Gasteiger partial charge in [-0.15, -0.1) is 0 Å². The molecule has 19 heavy (non-hydrogen) atoms. The summed E-state index contributed by atoms with van der Waals surface area (Å²) >= 11 is 0. The van der Waals surface area contributed by atoms with Crippen LogP contribution in [-0.4, -0.2) is 74.4 Å². The zero-order valence-electron chi connectivity index (χ0n) is 11.9. The fourth-order valence-corrected chi connectivity index (χ4v) is 1.36. The van der Waals surface area contributed by atoms with Crippen molar-refractivity contribution >= 4 is 11.9 Å². The molecule has 0 atom stereocenters. The molecule has 1 aromatic heterocycles. The fraction of sp³-hybridized carbons (Fsp3) is 0.727. The van der Waals surface area contributed by atoms with Gasteiger partial charge in [0.1, 0.15) is 0 Å². The lowest BCUT2D eigenvalue weighted by molar-refractivity contribution is 0.163. The maximum absolute atomic E-state index is 5.02. The van der Waals surface area contributed by atoms with Gasteiger partial charge < -0.3 is 25.0 Å². The first-order valence-electron chi connectivity index (χ1n) is 6.08. The molecule has 0 fully saturated rings. The summed E-state index contributed by atoms with van der Waals surface area (Å²) in [6, 6.07) is 0.287. The number of hydrogen-bond donors (Lipinski definition) is 2. The molecule has 0 bridgehead atoms. The number of anilines is 2. The highest BCUT2D eigenvalue weighted by molar-refractivity contribution is 5.35. The molecule has 1 aromatic rings. The van der Waals surface area contributed by atoms with Crippen LogP contribution in [-0.2, 0) is 4.74 Å². The molecule has 2 N–H and O–H groups in total. The van der Waals surface area contributed by atoms with E-state index in [1.54, 1.807) is 14.2 Å². The first kappa shape index (κ1) is 15.4. The third kappa shape index (κ3) is 5.66. The lowest BCUT2D eigenvalue weighted by Crippen LogP contribution is -2.28. The number of rotatable bonds is 9. The van der Waals surface area contributed by atoms with Crippen molar-refractivity contribution in [3.8, 4) is 6.01 Å². The summed E-state index contributed by atoms with van der Waals surface area (Å²) in [7, 11) is 7.00. The van der Waals surface area contributed by atoms with E-state index in [2.05, 4.69) is 30.5 Å². The predicted molar refractivity (Wildman–Crippen MR) is 73.8 cm³/mol. The lowest BCUT2D eigenvalue weighted by atomic mass is 10.5. The third-order valence-electron chi connectivity index (χ3n) is 2.47. The molecule has 8 heteroatoms. The Balaban J connectivity index is 2.44. The topological polar surface area (TPSA) is 84.4 Å². The Labute approximate surface area is 113 Å². The molecular weight excluding hydrogens is 248 g/mol. The van der Waals surface area contributed by atoms with E-state index in [1.807, 2.05) is 7.05 Å². The summed E-state index contributed by atoms with van der Waals surface area (Å²) in [4.78, 5) is 14.5. The normalized spacial score (nSPS) is 10.6. The highest BCUT2D eigenvalue weighted by Gasteiger charge is 2.05. The molecule has 0 spiro atoms. The van der Waals surface area contributed by atoms with E-state index in [9.17, 15) is 0 Å². The van der Waals surface area contributed by atoms with Gasteiger partial charge in [0, 0.05) is 33.8 Å². The summed E-state index contributed by atoms with van der Waals surface area (Å²) in [6.07, 6.45) is 0. The number of nitrogens with zero attached hydrogens (tertiary/aromatic N) is 4. The molecule has 1 rings (SSSR count). The molecule has 0 aliphatic rings. The van der Waals surface area contributed by atoms with E-state index in [0.717, 1.165) is 26.2 Å². The average Bonchev–Trinajstić information content (AvgIpc) is 2.44. The van der Waals surface area contributed by atoms with Crippen LogP contribution in [0, 0.1) is 0 Å². The second-order valence-electron chi connectivity index (χ2n) is 3.94. The highest BCUT2D eigenvalue weighted by atomic mass is 16.5. The van der Waals surface area contributed by atoms with Gasteiger partial charge in [-0.2, -0.15) is 15.0 Å². The first-order valence-corrected chi connectivity index (χ1v) is 6.08. The minimum absolute atomic E-state index is 0.287. The Hall–Kier alpha value is -1.67. The van der Waals surface area contributed by atoms with Crippen molar-refractivity contribution in [1.29, 1.82) is 0 Å². The molecule has 0 radical (unpaired) electrons. The number of methoxy groups -OCH3 is 2. The van der Waals surface area contributed by atoms with Crippen molar-refractivity contribution in [3.05, 3.63) is 0 Å². The van der Waals surface area contributed by atoms with Gasteiger partial charge in [-0.3, -0.25) is 0 Å². The van der Waals surface area contributed by atoms with Crippen molar-refractivity contribution < 1.29 is 9.47 Å². The fourth-order valence-electron chi connectivity index (χ4n) is 1.36. The quantitative estimate of drug-likeness (QED) is 0.644. The monoisotopic (exact) mass is 270 g/mol. The Morgan fingerprint density at radius 3 is 2.47 bits per heavy atom. The molecular formula is C11H22N6O2. The van der Waals surface area contributed by atoms with Gasteiger partial charge in [0.2, 0.25) is 11.9 Å². The summed E-state index contributed by atoms with van der Waals surface area (Å²) in [5, 5.41) is 6.00. The number of nitrogens with one attached hydrogen (secondary N) is 2. The third-order valence-corrected chi connectivity index (χ3v) is 2.47. The van der Waals surface area contributed by atoms with Crippen LogP contribution in [0.4, 0.5) is 11.9 Å². The molecule has 0 aromatic carbocycles. The minimum atomic E-state index is 0.287. The maximum Gasteiger partial charge on any atom is 0.322 e. The maximum atomic E-state index is 5.02. The number of ether oxygens (including phenoxy) is 2. The van der Waals surface area contributed by atoms with E-state index in [-0.39, 0.29) is 6.01 Å². The molecule has 8 nitrogen and oxygen atoms in total. The molecule has 0 saturated heterocycles. The second kappa shape index (κ2) is 8.44. The van der Waals surface area contributed by atoms with E-state index >= 15 is 0 Å². The van der Waals surface area contributed by atoms with Crippen molar-refractivity contribution in [2.75, 3.05) is 65.2 Å². The van der Waals surface area contributed by atoms with Gasteiger partial charge in [0.05, 0.1) is 13.7 Å². The van der Waals surface area contributed by atoms with Crippen LogP contribution in [0.3, 0.4) is 0 Å². The van der Waals surface area contributed by atoms with Crippen LogP contribution < -0.4 is 15.4 Å². The second-order valence-corrected chi connectivity index (χ2v) is 3.94. The van der Waals surface area contributed by atoms with Gasteiger partial charge in [-0.25, -0.2) is 0 Å². The van der Waals surface area contributed by atoms with E-state index < -0.39 is 0 Å². The zero-order valence-corrected chi connectivity index (χ0v) is 11.9. The largest absolute Gasteiger partial charge is 0.467 e. The van der Waals surface area contributed by atoms with E-state index in [4.69, 9.17) is 9.47 Å². The Kier molecular flexibility index (Phi) is 6.83. The molecule has 0 aliphatic carbocycles. The first-order chi connectivity index (χ1) is 9.19. The molecule has 0 amide bonds. The van der Waals surface area contributed by atoms with Crippen molar-refractivity contribution in [2.24, 2.45) is 0 Å². The van der Waals surface area contributed by atoms with Crippen molar-refractivity contribution in [1.82, 2.24) is 19.9 Å². The zero-order chi connectivity index (χ0) is 14.1. The van der Waals surface area contributed by atoms with Crippen LogP contribution in [0.25, 0.3) is 0 Å². The molecule has 1 heterocycles. The van der Waals surface area contributed by atoms with Crippen LogP contribution in [0.5, 0.6) is 6.01 Å². The SMILES string of the molecule is CNc1nc(NCCN(C)CCOC)nc(OC)n1. The van der Waals surface area contributed by atoms with Gasteiger partial charge in [0.25, 0.3) is 0 Å². The molecule has 0 aliphatic heterocycles. The molecule has 0 unspecified atom stereocenters. The standard InChI is InChI=1S/C11H22N6O2/c1-12-9-14-10(16-11(15-9)19-4)13-5-6-17(2)7-8-18-3/h5-8H2,1-4H3,(H2,12,13,14,15,16). The van der Waals surface area contributed by atoms with Crippen LogP contribution in [0.15, 0.2) is 0 Å². The van der Waals surface area contributed by atoms with Crippen LogP contribution in [0.1, 0.15) is 0 Å². The molecule has 0 saturated carbocycles. The van der Waals surface area contributed by atoms with Crippen molar-refractivity contribution in [3.63, 3.8) is 0 Å². The Morgan fingerprint density at radius 1 is 1.11 bits per heavy atom. The average molecular weight is 270 g/mol. The predicted octanol–water partition coefficient (Wildman–Crippen LogP) is -0.0880. The Morgan fingerprint density at radius 2 is 1.84 bits per heavy atom. The van der Waals surface area contributed by atoms with Gasteiger partial charge >= 0.3 is 6.01 Å². The number of likely N-dealkylation sites (N-methyl/N-ethyl adjacent to an activating group) is 1. The minimum Gasteiger partial charge on any atom is -0.467 e. The van der Waals surface area contributed by atoms with E-state index in [1.165, 1.54) is 7.11 Å². The number of aromatic nitrogens is 3. The van der Waals surface area contributed by atoms with Crippen LogP contribution >= 0.6 is 0 Å². The summed E-state index contributed by atoms with van der Waals surface area (Å²) in [6.45, 7) is 3.21. The highest BCUT2D eigenvalue weighted by Crippen LogP contribution is 2.09. The van der Waals surface area contributed by atoms with E-state index in [0.29, 0.717) is 11.9 Å². The Bertz CT molecular complexity index is 354. The van der Waals surface area contributed by atoms with Gasteiger partial charge in [-0.1, -0.05) is 0 Å².